The minimum Gasteiger partial charge on any atom is -0.398 e. The van der Waals surface area contributed by atoms with Gasteiger partial charge in [0.15, 0.2) is 0 Å². The van der Waals surface area contributed by atoms with Crippen LogP contribution >= 0.6 is 0 Å². The van der Waals surface area contributed by atoms with Crippen LogP contribution in [0, 0.1) is 6.92 Å². The minimum absolute atomic E-state index is 0.120. The van der Waals surface area contributed by atoms with E-state index in [1.54, 1.807) is 0 Å². The van der Waals surface area contributed by atoms with E-state index in [4.69, 9.17) is 5.73 Å². The summed E-state index contributed by atoms with van der Waals surface area (Å²) < 4.78 is 0. The summed E-state index contributed by atoms with van der Waals surface area (Å²) in [7, 11) is 0. The van der Waals surface area contributed by atoms with Gasteiger partial charge in [-0.15, -0.1) is 0 Å². The first-order valence-electron chi connectivity index (χ1n) is 8.97. The molecule has 0 saturated carbocycles. The largest absolute Gasteiger partial charge is 0.398 e. The number of nitrogens with two attached hydrogens (primary N) is 1. The molecule has 0 radical (unpaired) electrons. The molecule has 0 aliphatic heterocycles. The van der Waals surface area contributed by atoms with Crippen LogP contribution in [-0.4, -0.2) is 0 Å². The van der Waals surface area contributed by atoms with Crippen molar-refractivity contribution in [3.63, 3.8) is 0 Å². The average molecular weight is 304 g/mol. The van der Waals surface area contributed by atoms with Crippen LogP contribution in [0.3, 0.4) is 0 Å². The van der Waals surface area contributed by atoms with Crippen LogP contribution in [0.5, 0.6) is 0 Å². The zero-order chi connectivity index (χ0) is 17.3. The van der Waals surface area contributed by atoms with Crippen molar-refractivity contribution in [1.29, 1.82) is 0 Å². The van der Waals surface area contributed by atoms with Crippen LogP contribution in [0.2, 0.25) is 0 Å². The van der Waals surface area contributed by atoms with Crippen molar-refractivity contribution in [2.45, 2.75) is 98.3 Å². The van der Waals surface area contributed by atoms with Crippen molar-refractivity contribution >= 4 is 5.69 Å². The monoisotopic (exact) mass is 303 g/mol. The molecule has 0 aliphatic carbocycles. The second kappa shape index (κ2) is 6.64. The molecule has 0 bridgehead atoms. The zero-order valence-corrected chi connectivity index (χ0v) is 16.4. The van der Waals surface area contributed by atoms with Gasteiger partial charge in [0.2, 0.25) is 0 Å². The Morgan fingerprint density at radius 2 is 1.55 bits per heavy atom. The molecule has 0 amide bonds. The Morgan fingerprint density at radius 3 is 1.91 bits per heavy atom. The molecule has 1 aromatic carbocycles. The molecule has 1 unspecified atom stereocenters. The first kappa shape index (κ1) is 19.1. The first-order chi connectivity index (χ1) is 10.0. The van der Waals surface area contributed by atoms with Gasteiger partial charge < -0.3 is 5.73 Å². The number of hydrogen-bond donors (Lipinski definition) is 1. The summed E-state index contributed by atoms with van der Waals surface area (Å²) in [4.78, 5) is 0. The summed E-state index contributed by atoms with van der Waals surface area (Å²) in [6.45, 7) is 20.8. The molecule has 1 aromatic rings. The summed E-state index contributed by atoms with van der Waals surface area (Å²) in [5.41, 5.74) is 13.7. The lowest BCUT2D eigenvalue weighted by atomic mass is 9.69. The molecule has 2 N–H and O–H groups in total. The molecule has 0 aliphatic rings. The lowest BCUT2D eigenvalue weighted by Gasteiger charge is -2.36. The summed E-state index contributed by atoms with van der Waals surface area (Å²) in [6.07, 6.45) is 3.43. The zero-order valence-electron chi connectivity index (χ0n) is 16.4. The van der Waals surface area contributed by atoms with Crippen LogP contribution in [0.1, 0.15) is 103 Å². The lowest BCUT2D eigenvalue weighted by Crippen LogP contribution is -2.26. The van der Waals surface area contributed by atoms with Gasteiger partial charge in [0.05, 0.1) is 0 Å². The fraction of sp³-hybridized carbons (Fsp3) is 0.714. The fourth-order valence-electron chi connectivity index (χ4n) is 3.78. The number of benzene rings is 1. The quantitative estimate of drug-likeness (QED) is 0.620. The van der Waals surface area contributed by atoms with Crippen LogP contribution in [0.15, 0.2) is 6.07 Å². The number of hydrogen-bond acceptors (Lipinski definition) is 1. The van der Waals surface area contributed by atoms with Crippen molar-refractivity contribution in [3.05, 3.63) is 28.3 Å². The maximum Gasteiger partial charge on any atom is 0.0355 e. The predicted octanol–water partition coefficient (Wildman–Crippen LogP) is 6.47. The van der Waals surface area contributed by atoms with Gasteiger partial charge in [0.25, 0.3) is 0 Å². The van der Waals surface area contributed by atoms with Gasteiger partial charge in [-0.3, -0.25) is 0 Å². The Bertz CT molecular complexity index is 516. The average Bonchev–Trinajstić information content (AvgIpc) is 2.45. The highest BCUT2D eigenvalue weighted by atomic mass is 14.6. The Kier molecular flexibility index (Phi) is 5.76. The molecule has 1 heteroatoms. The molecule has 0 heterocycles. The van der Waals surface area contributed by atoms with Crippen LogP contribution in [0.25, 0.3) is 0 Å². The van der Waals surface area contributed by atoms with Gasteiger partial charge in [-0.1, -0.05) is 55.4 Å². The van der Waals surface area contributed by atoms with Crippen LogP contribution in [0.4, 0.5) is 5.69 Å². The van der Waals surface area contributed by atoms with Gasteiger partial charge in [-0.05, 0) is 71.3 Å². The minimum atomic E-state index is 0.120. The molecule has 126 valence electrons. The number of nitrogen functional groups attached to an aromatic ring is 1. The van der Waals surface area contributed by atoms with Crippen molar-refractivity contribution in [2.75, 3.05) is 5.73 Å². The Morgan fingerprint density at radius 1 is 1.05 bits per heavy atom. The van der Waals surface area contributed by atoms with Crippen molar-refractivity contribution in [2.24, 2.45) is 0 Å². The Balaban J connectivity index is 3.80. The second-order valence-corrected chi connectivity index (χ2v) is 8.25. The highest BCUT2D eigenvalue weighted by Crippen LogP contribution is 2.44. The van der Waals surface area contributed by atoms with Gasteiger partial charge in [0, 0.05) is 5.69 Å². The predicted molar refractivity (Wildman–Crippen MR) is 101 cm³/mol. The SMILES string of the molecule is CCC(C)c1c(N)cc(C(C)(CC)CC)c(C)c1C(C)(C)C. The molecule has 0 fully saturated rings. The maximum atomic E-state index is 6.57. The topological polar surface area (TPSA) is 26.0 Å². The van der Waals surface area contributed by atoms with E-state index in [2.05, 4.69) is 68.4 Å². The highest BCUT2D eigenvalue weighted by Gasteiger charge is 2.31. The van der Waals surface area contributed by atoms with Crippen LogP contribution in [-0.2, 0) is 10.8 Å². The summed E-state index contributed by atoms with van der Waals surface area (Å²) in [5, 5.41) is 0. The van der Waals surface area contributed by atoms with E-state index in [1.807, 2.05) is 0 Å². The van der Waals surface area contributed by atoms with E-state index in [-0.39, 0.29) is 10.8 Å². The maximum absolute atomic E-state index is 6.57. The van der Waals surface area contributed by atoms with Crippen molar-refractivity contribution < 1.29 is 0 Å². The molecule has 0 spiro atoms. The normalized spacial score (nSPS) is 14.2. The van der Waals surface area contributed by atoms with E-state index < -0.39 is 0 Å². The molecule has 0 aromatic heterocycles. The van der Waals surface area contributed by atoms with Gasteiger partial charge in [0.1, 0.15) is 0 Å². The molecule has 22 heavy (non-hydrogen) atoms. The van der Waals surface area contributed by atoms with E-state index in [0.717, 1.165) is 24.9 Å². The molecule has 1 atom stereocenters. The molecular weight excluding hydrogens is 266 g/mol. The summed E-state index contributed by atoms with van der Waals surface area (Å²) in [6, 6.07) is 2.28. The molecule has 1 rings (SSSR count). The first-order valence-corrected chi connectivity index (χ1v) is 8.97. The van der Waals surface area contributed by atoms with E-state index in [0.29, 0.717) is 5.92 Å². The summed E-state index contributed by atoms with van der Waals surface area (Å²) >= 11 is 0. The van der Waals surface area contributed by atoms with E-state index in [1.165, 1.54) is 22.3 Å². The number of rotatable bonds is 5. The van der Waals surface area contributed by atoms with Crippen molar-refractivity contribution in [3.8, 4) is 0 Å². The standard InChI is InChI=1S/C21H37N/c1-10-14(4)18-17(22)13-16(21(9,11-2)12-3)15(5)19(18)20(6,7)8/h13-14H,10-12,22H2,1-9H3. The van der Waals surface area contributed by atoms with Gasteiger partial charge in [-0.2, -0.15) is 0 Å². The van der Waals surface area contributed by atoms with E-state index >= 15 is 0 Å². The van der Waals surface area contributed by atoms with Crippen molar-refractivity contribution in [1.82, 2.24) is 0 Å². The molecule has 0 saturated heterocycles. The molecule has 1 nitrogen and oxygen atoms in total. The summed E-state index contributed by atoms with van der Waals surface area (Å²) in [5.74, 6) is 0.511. The number of anilines is 1. The highest BCUT2D eigenvalue weighted by molar-refractivity contribution is 5.62. The van der Waals surface area contributed by atoms with Gasteiger partial charge >= 0.3 is 0 Å². The third-order valence-electron chi connectivity index (χ3n) is 5.73. The fourth-order valence-corrected chi connectivity index (χ4v) is 3.78. The lowest BCUT2D eigenvalue weighted by molar-refractivity contribution is 0.434. The Labute approximate surface area is 138 Å². The third-order valence-corrected chi connectivity index (χ3v) is 5.73. The van der Waals surface area contributed by atoms with Crippen LogP contribution < -0.4 is 5.73 Å². The smallest absolute Gasteiger partial charge is 0.0355 e. The second-order valence-electron chi connectivity index (χ2n) is 8.25. The third kappa shape index (κ3) is 3.34. The molecular formula is C21H37N. The Hall–Kier alpha value is -0.980. The van der Waals surface area contributed by atoms with E-state index in [9.17, 15) is 0 Å². The van der Waals surface area contributed by atoms with Gasteiger partial charge in [-0.25, -0.2) is 0 Å².